The van der Waals surface area contributed by atoms with E-state index in [4.69, 9.17) is 46.4 Å². The number of carbonyl (C=O) groups is 2. The molecule has 22 heavy (non-hydrogen) atoms. The predicted octanol–water partition coefficient (Wildman–Crippen LogP) is 3.97. The molecule has 1 unspecified atom stereocenters. The van der Waals surface area contributed by atoms with Gasteiger partial charge in [0.1, 0.15) is 4.33 Å². The molecule has 1 aromatic rings. The van der Waals surface area contributed by atoms with E-state index in [2.05, 4.69) is 5.32 Å². The minimum Gasteiger partial charge on any atom is -0.336 e. The quantitative estimate of drug-likeness (QED) is 0.799. The summed E-state index contributed by atoms with van der Waals surface area (Å²) in [7, 11) is 1.52. The van der Waals surface area contributed by atoms with E-state index in [0.29, 0.717) is 22.2 Å². The van der Waals surface area contributed by atoms with Gasteiger partial charge in [-0.15, -0.1) is 23.2 Å². The van der Waals surface area contributed by atoms with Crippen LogP contribution in [-0.2, 0) is 9.59 Å². The lowest BCUT2D eigenvalue weighted by Gasteiger charge is -2.22. The molecule has 1 aliphatic rings. The number of benzene rings is 1. The first-order valence-corrected chi connectivity index (χ1v) is 7.97. The first-order chi connectivity index (χ1) is 10.1. The number of hydrogen-bond acceptors (Lipinski definition) is 2. The van der Waals surface area contributed by atoms with Crippen molar-refractivity contribution >= 4 is 63.9 Å². The Morgan fingerprint density at radius 2 is 1.77 bits per heavy atom. The monoisotopic (exact) mass is 382 g/mol. The summed E-state index contributed by atoms with van der Waals surface area (Å²) in [6.45, 7) is 1.52. The summed E-state index contributed by atoms with van der Waals surface area (Å²) in [6.07, 6.45) is 0.365. The molecule has 0 saturated heterocycles. The molecular formula is C14H14Cl4N2O2. The fraction of sp³-hybridized carbons (Fsp3) is 0.429. The van der Waals surface area contributed by atoms with E-state index in [-0.39, 0.29) is 12.5 Å². The molecular weight excluding hydrogens is 370 g/mol. The number of hydrogen-bond donors (Lipinski definition) is 1. The number of alkyl halides is 2. The highest BCUT2D eigenvalue weighted by molar-refractivity contribution is 6.53. The third kappa shape index (κ3) is 3.30. The molecule has 1 atom stereocenters. The number of para-hydroxylation sites is 1. The van der Waals surface area contributed by atoms with Crippen molar-refractivity contribution < 1.29 is 9.59 Å². The van der Waals surface area contributed by atoms with Crippen LogP contribution in [0, 0.1) is 5.41 Å². The molecule has 0 bridgehead atoms. The Morgan fingerprint density at radius 3 is 2.23 bits per heavy atom. The lowest BCUT2D eigenvalue weighted by molar-refractivity contribution is -0.137. The molecule has 2 amide bonds. The van der Waals surface area contributed by atoms with Crippen LogP contribution < -0.4 is 5.32 Å². The molecule has 0 spiro atoms. The van der Waals surface area contributed by atoms with Crippen molar-refractivity contribution in [2.24, 2.45) is 5.41 Å². The molecule has 1 saturated carbocycles. The lowest BCUT2D eigenvalue weighted by atomic mass is 10.1. The zero-order chi connectivity index (χ0) is 16.7. The molecule has 1 fully saturated rings. The number of rotatable bonds is 4. The number of nitrogens with one attached hydrogen (secondary N) is 1. The number of amides is 2. The average molecular weight is 384 g/mol. The highest BCUT2D eigenvalue weighted by atomic mass is 35.5. The zero-order valence-electron chi connectivity index (χ0n) is 11.9. The summed E-state index contributed by atoms with van der Waals surface area (Å²) in [4.78, 5) is 25.6. The highest BCUT2D eigenvalue weighted by Crippen LogP contribution is 2.64. The highest BCUT2D eigenvalue weighted by Gasteiger charge is 2.68. The van der Waals surface area contributed by atoms with E-state index in [1.165, 1.54) is 11.9 Å². The van der Waals surface area contributed by atoms with Crippen LogP contribution in [0.2, 0.25) is 10.0 Å². The Bertz CT molecular complexity index is 615. The van der Waals surface area contributed by atoms with Crippen molar-refractivity contribution in [3.8, 4) is 0 Å². The maximum absolute atomic E-state index is 12.3. The van der Waals surface area contributed by atoms with Gasteiger partial charge in [-0.1, -0.05) is 29.3 Å². The van der Waals surface area contributed by atoms with Crippen LogP contribution in [0.25, 0.3) is 0 Å². The van der Waals surface area contributed by atoms with Crippen molar-refractivity contribution in [2.75, 3.05) is 18.9 Å². The van der Waals surface area contributed by atoms with E-state index >= 15 is 0 Å². The van der Waals surface area contributed by atoms with Crippen LogP contribution in [0.15, 0.2) is 18.2 Å². The molecule has 120 valence electrons. The second-order valence-electron chi connectivity index (χ2n) is 5.52. The number of nitrogens with zero attached hydrogens (tertiary/aromatic N) is 1. The summed E-state index contributed by atoms with van der Waals surface area (Å²) >= 11 is 23.9. The van der Waals surface area contributed by atoms with Gasteiger partial charge in [0.2, 0.25) is 11.8 Å². The molecule has 8 heteroatoms. The van der Waals surface area contributed by atoms with Crippen LogP contribution in [-0.4, -0.2) is 34.6 Å². The molecule has 0 aromatic heterocycles. The largest absolute Gasteiger partial charge is 0.336 e. The zero-order valence-corrected chi connectivity index (χ0v) is 14.9. The van der Waals surface area contributed by atoms with Crippen molar-refractivity contribution in [3.63, 3.8) is 0 Å². The third-order valence-electron chi connectivity index (χ3n) is 3.68. The van der Waals surface area contributed by atoms with Gasteiger partial charge in [-0.05, 0) is 25.5 Å². The van der Waals surface area contributed by atoms with Gasteiger partial charge in [0.25, 0.3) is 0 Å². The standard InChI is InChI=1S/C14H14Cl4N2O2/c1-13(7-14(13,17)18)12(22)20(2)6-10(21)19-11-8(15)4-3-5-9(11)16/h3-5H,6-7H2,1-2H3,(H,19,21). The molecule has 1 N–H and O–H groups in total. The molecule has 0 heterocycles. The molecule has 4 nitrogen and oxygen atoms in total. The Kier molecular flexibility index (Phi) is 4.88. The molecule has 0 radical (unpaired) electrons. The maximum Gasteiger partial charge on any atom is 0.244 e. The fourth-order valence-corrected chi connectivity index (χ4v) is 3.32. The summed E-state index contributed by atoms with van der Waals surface area (Å²) < 4.78 is -1.07. The number of likely N-dealkylation sites (N-methyl/N-ethyl adjacent to an activating group) is 1. The van der Waals surface area contributed by atoms with Crippen molar-refractivity contribution in [1.82, 2.24) is 4.90 Å². The van der Waals surface area contributed by atoms with Gasteiger partial charge in [-0.2, -0.15) is 0 Å². The van der Waals surface area contributed by atoms with Crippen LogP contribution in [0.1, 0.15) is 13.3 Å². The predicted molar refractivity (Wildman–Crippen MR) is 89.9 cm³/mol. The van der Waals surface area contributed by atoms with E-state index in [1.54, 1.807) is 25.1 Å². The topological polar surface area (TPSA) is 49.4 Å². The van der Waals surface area contributed by atoms with E-state index in [9.17, 15) is 9.59 Å². The second kappa shape index (κ2) is 6.08. The molecule has 1 aromatic carbocycles. The molecule has 1 aliphatic carbocycles. The summed E-state index contributed by atoms with van der Waals surface area (Å²) in [6, 6.07) is 4.89. The van der Waals surface area contributed by atoms with E-state index in [1.807, 2.05) is 0 Å². The summed E-state index contributed by atoms with van der Waals surface area (Å²) in [5.41, 5.74) is -0.536. The Morgan fingerprint density at radius 1 is 1.27 bits per heavy atom. The van der Waals surface area contributed by atoms with Crippen LogP contribution in [0.5, 0.6) is 0 Å². The first-order valence-electron chi connectivity index (χ1n) is 6.46. The average Bonchev–Trinajstić information content (AvgIpc) is 2.93. The fourth-order valence-electron chi connectivity index (χ4n) is 2.14. The summed E-state index contributed by atoms with van der Waals surface area (Å²) in [5, 5.41) is 3.24. The van der Waals surface area contributed by atoms with E-state index < -0.39 is 15.7 Å². The van der Waals surface area contributed by atoms with Gasteiger partial charge in [0, 0.05) is 7.05 Å². The van der Waals surface area contributed by atoms with Gasteiger partial charge in [0.15, 0.2) is 0 Å². The van der Waals surface area contributed by atoms with Gasteiger partial charge in [-0.3, -0.25) is 9.59 Å². The smallest absolute Gasteiger partial charge is 0.244 e. The van der Waals surface area contributed by atoms with E-state index in [0.717, 1.165) is 0 Å². The normalized spacial score (nSPS) is 22.1. The number of halogens is 4. The van der Waals surface area contributed by atoms with Crippen LogP contribution in [0.3, 0.4) is 0 Å². The number of anilines is 1. The second-order valence-corrected chi connectivity index (χ2v) is 7.82. The minimum absolute atomic E-state index is 0.153. The molecule has 0 aliphatic heterocycles. The summed E-state index contributed by atoms with van der Waals surface area (Å²) in [5.74, 6) is -0.692. The van der Waals surface area contributed by atoms with Gasteiger partial charge in [-0.25, -0.2) is 0 Å². The van der Waals surface area contributed by atoms with Crippen molar-refractivity contribution in [3.05, 3.63) is 28.2 Å². The van der Waals surface area contributed by atoms with Gasteiger partial charge >= 0.3 is 0 Å². The van der Waals surface area contributed by atoms with Crippen LogP contribution >= 0.6 is 46.4 Å². The minimum atomic E-state index is -1.07. The van der Waals surface area contributed by atoms with Crippen molar-refractivity contribution in [1.29, 1.82) is 0 Å². The Balaban J connectivity index is 1.99. The van der Waals surface area contributed by atoms with Gasteiger partial charge in [0.05, 0.1) is 27.7 Å². The van der Waals surface area contributed by atoms with Gasteiger partial charge < -0.3 is 10.2 Å². The van der Waals surface area contributed by atoms with Crippen molar-refractivity contribution in [2.45, 2.75) is 17.7 Å². The maximum atomic E-state index is 12.3. The molecule has 2 rings (SSSR count). The lowest BCUT2D eigenvalue weighted by Crippen LogP contribution is -2.40. The first kappa shape index (κ1) is 17.7. The third-order valence-corrected chi connectivity index (χ3v) is 5.42. The SMILES string of the molecule is CN(CC(=O)Nc1c(Cl)cccc1Cl)C(=O)C1(C)CC1(Cl)Cl. The Hall–Kier alpha value is -0.680. The van der Waals surface area contributed by atoms with Crippen LogP contribution in [0.4, 0.5) is 5.69 Å². The number of carbonyl (C=O) groups excluding carboxylic acids is 2. The Labute approximate surface area is 148 Å².